The summed E-state index contributed by atoms with van der Waals surface area (Å²) in [6.45, 7) is 0.218. The number of hydrogen-bond acceptors (Lipinski definition) is 2. The van der Waals surface area contributed by atoms with Crippen LogP contribution in [-0.4, -0.2) is 18.2 Å². The first-order valence-corrected chi connectivity index (χ1v) is 3.23. The third kappa shape index (κ3) is 2.39. The van der Waals surface area contributed by atoms with E-state index in [0.717, 1.165) is 0 Å². The van der Waals surface area contributed by atoms with Gasteiger partial charge >= 0.3 is 12.4 Å². The maximum Gasteiger partial charge on any atom is 0.449 e. The van der Waals surface area contributed by atoms with Gasteiger partial charge in [-0.05, 0) is 0 Å². The third-order valence-corrected chi connectivity index (χ3v) is 1.29. The molecule has 79 valence electrons. The maximum absolute atomic E-state index is 11.9. The Morgan fingerprint density at radius 1 is 1.00 bits per heavy atom. The standard InChI is InChI=1S/C6H3F6N2/c7-5(8,9)3-1-13-4(14-2-3)6(10,11)12/h1-2H,(H,13,14). The summed E-state index contributed by atoms with van der Waals surface area (Å²) in [6, 6.07) is 0. The van der Waals surface area contributed by atoms with Gasteiger partial charge in [-0.2, -0.15) is 26.3 Å². The molecular formula is C6H3F6N2. The lowest BCUT2D eigenvalue weighted by molar-refractivity contribution is -0.0915. The lowest BCUT2D eigenvalue weighted by atomic mass is 10.2. The first kappa shape index (κ1) is 10.9. The number of alkyl halides is 6. The van der Waals surface area contributed by atoms with Gasteiger partial charge in [-0.25, -0.2) is 4.99 Å². The van der Waals surface area contributed by atoms with Gasteiger partial charge < -0.3 is 5.32 Å². The number of nitrogens with one attached hydrogen (secondary N) is 1. The Morgan fingerprint density at radius 3 is 1.86 bits per heavy atom. The lowest BCUT2D eigenvalue weighted by Crippen LogP contribution is -2.38. The van der Waals surface area contributed by atoms with Crippen molar-refractivity contribution < 1.29 is 26.3 Å². The number of hydrogen-bond donors (Lipinski definition) is 1. The minimum absolute atomic E-state index is 0.124. The van der Waals surface area contributed by atoms with Gasteiger partial charge in [-0.3, -0.25) is 0 Å². The fraction of sp³-hybridized carbons (Fsp3) is 0.333. The van der Waals surface area contributed by atoms with Crippen LogP contribution >= 0.6 is 0 Å². The molecule has 0 saturated heterocycles. The zero-order chi connectivity index (χ0) is 11.0. The topological polar surface area (TPSA) is 24.4 Å². The van der Waals surface area contributed by atoms with Crippen LogP contribution in [0.4, 0.5) is 26.3 Å². The van der Waals surface area contributed by atoms with Gasteiger partial charge in [0.05, 0.1) is 12.1 Å². The van der Waals surface area contributed by atoms with Crippen LogP contribution in [0.15, 0.2) is 16.8 Å². The Labute approximate surface area is 74.3 Å². The second kappa shape index (κ2) is 3.18. The number of aliphatic imine (C=N–C) groups is 1. The highest BCUT2D eigenvalue weighted by atomic mass is 19.4. The van der Waals surface area contributed by atoms with Gasteiger partial charge in [-0.15, -0.1) is 0 Å². The Balaban J connectivity index is 2.85. The summed E-state index contributed by atoms with van der Waals surface area (Å²) in [4.78, 5) is 2.62. The molecule has 0 aliphatic carbocycles. The quantitative estimate of drug-likeness (QED) is 0.617. The molecule has 1 rings (SSSR count). The van der Waals surface area contributed by atoms with Crippen LogP contribution in [0.3, 0.4) is 0 Å². The molecule has 0 unspecified atom stereocenters. The molecule has 2 nitrogen and oxygen atoms in total. The van der Waals surface area contributed by atoms with E-state index >= 15 is 0 Å². The van der Waals surface area contributed by atoms with Crippen molar-refractivity contribution in [2.45, 2.75) is 12.4 Å². The highest BCUT2D eigenvalue weighted by molar-refractivity contribution is 5.89. The zero-order valence-electron chi connectivity index (χ0n) is 6.37. The minimum Gasteiger partial charge on any atom is -0.357 e. The van der Waals surface area contributed by atoms with Crippen molar-refractivity contribution in [3.05, 3.63) is 18.3 Å². The normalized spacial score (nSPS) is 18.4. The van der Waals surface area contributed by atoms with Gasteiger partial charge in [0, 0.05) is 6.20 Å². The van der Waals surface area contributed by atoms with Crippen molar-refractivity contribution in [1.29, 1.82) is 0 Å². The Morgan fingerprint density at radius 2 is 1.57 bits per heavy atom. The molecule has 1 aliphatic rings. The predicted octanol–water partition coefficient (Wildman–Crippen LogP) is 2.16. The van der Waals surface area contributed by atoms with E-state index in [1.54, 1.807) is 0 Å². The van der Waals surface area contributed by atoms with Gasteiger partial charge in [0.2, 0.25) is 5.84 Å². The molecule has 1 radical (unpaired) electrons. The van der Waals surface area contributed by atoms with Crippen LogP contribution in [0, 0.1) is 6.54 Å². The largest absolute Gasteiger partial charge is 0.449 e. The van der Waals surface area contributed by atoms with E-state index in [-0.39, 0.29) is 12.7 Å². The molecule has 0 saturated carbocycles. The Hall–Kier alpha value is -1.21. The van der Waals surface area contributed by atoms with Gasteiger partial charge in [0.1, 0.15) is 0 Å². The highest BCUT2D eigenvalue weighted by Crippen LogP contribution is 2.29. The molecule has 0 amide bonds. The van der Waals surface area contributed by atoms with Gasteiger partial charge in [-0.1, -0.05) is 0 Å². The first-order valence-electron chi connectivity index (χ1n) is 3.23. The first-order chi connectivity index (χ1) is 6.21. The monoisotopic (exact) mass is 217 g/mol. The fourth-order valence-electron chi connectivity index (χ4n) is 0.665. The molecular weight excluding hydrogens is 214 g/mol. The van der Waals surface area contributed by atoms with Crippen LogP contribution in [0.25, 0.3) is 0 Å². The van der Waals surface area contributed by atoms with Crippen molar-refractivity contribution >= 4 is 5.84 Å². The molecule has 0 bridgehead atoms. The molecule has 0 spiro atoms. The molecule has 14 heavy (non-hydrogen) atoms. The molecule has 1 heterocycles. The zero-order valence-corrected chi connectivity index (χ0v) is 6.37. The molecule has 0 aromatic carbocycles. The van der Waals surface area contributed by atoms with E-state index in [1.165, 1.54) is 5.32 Å². The van der Waals surface area contributed by atoms with E-state index in [0.29, 0.717) is 0 Å². The summed E-state index contributed by atoms with van der Waals surface area (Å²) in [5.74, 6) is -1.47. The second-order valence-electron chi connectivity index (χ2n) is 2.35. The van der Waals surface area contributed by atoms with E-state index in [4.69, 9.17) is 0 Å². The van der Waals surface area contributed by atoms with Gasteiger partial charge in [0.25, 0.3) is 0 Å². The summed E-state index contributed by atoms with van der Waals surface area (Å²) >= 11 is 0. The van der Waals surface area contributed by atoms with Crippen molar-refractivity contribution in [3.8, 4) is 0 Å². The third-order valence-electron chi connectivity index (χ3n) is 1.29. The molecule has 1 aliphatic heterocycles. The molecule has 1 N–H and O–H groups in total. The minimum atomic E-state index is -4.77. The van der Waals surface area contributed by atoms with Crippen LogP contribution in [0.1, 0.15) is 0 Å². The van der Waals surface area contributed by atoms with E-state index < -0.39 is 23.8 Å². The van der Waals surface area contributed by atoms with Crippen molar-refractivity contribution in [1.82, 2.24) is 5.32 Å². The number of nitrogens with zero attached hydrogens (tertiary/aromatic N) is 1. The number of rotatable bonds is 0. The number of halogens is 6. The lowest BCUT2D eigenvalue weighted by Gasteiger charge is -2.18. The van der Waals surface area contributed by atoms with E-state index in [2.05, 4.69) is 4.99 Å². The van der Waals surface area contributed by atoms with Crippen LogP contribution in [0.2, 0.25) is 0 Å². The second-order valence-corrected chi connectivity index (χ2v) is 2.35. The van der Waals surface area contributed by atoms with Crippen molar-refractivity contribution in [2.75, 3.05) is 0 Å². The molecule has 8 heteroatoms. The van der Waals surface area contributed by atoms with E-state index in [9.17, 15) is 26.3 Å². The molecule has 0 aromatic rings. The van der Waals surface area contributed by atoms with Crippen LogP contribution in [-0.2, 0) is 0 Å². The smallest absolute Gasteiger partial charge is 0.357 e. The summed E-state index contributed by atoms with van der Waals surface area (Å²) < 4.78 is 71.1. The Bertz CT molecular complexity index is 254. The maximum atomic E-state index is 11.9. The summed E-state index contributed by atoms with van der Waals surface area (Å²) in [6.07, 6.45) is -9.35. The SMILES string of the molecule is FC(F)(F)C1=CN=C(C(F)(F)F)N[CH]1. The highest BCUT2D eigenvalue weighted by Gasteiger charge is 2.41. The summed E-state index contributed by atoms with van der Waals surface area (Å²) in [7, 11) is 0. The predicted molar refractivity (Wildman–Crippen MR) is 35.1 cm³/mol. The van der Waals surface area contributed by atoms with E-state index in [1.807, 2.05) is 0 Å². The molecule has 0 atom stereocenters. The average Bonchev–Trinajstić information content (AvgIpc) is 2.01. The average molecular weight is 217 g/mol. The van der Waals surface area contributed by atoms with Crippen molar-refractivity contribution in [3.63, 3.8) is 0 Å². The van der Waals surface area contributed by atoms with Crippen LogP contribution < -0.4 is 5.32 Å². The molecule has 0 fully saturated rings. The summed E-state index contributed by atoms with van der Waals surface area (Å²) in [5.41, 5.74) is -1.26. The molecule has 0 aromatic heterocycles. The van der Waals surface area contributed by atoms with Crippen LogP contribution in [0.5, 0.6) is 0 Å². The Kier molecular flexibility index (Phi) is 2.47. The summed E-state index contributed by atoms with van der Waals surface area (Å²) in [5, 5.41) is 1.43. The van der Waals surface area contributed by atoms with Crippen molar-refractivity contribution in [2.24, 2.45) is 4.99 Å². The number of amidine groups is 1. The van der Waals surface area contributed by atoms with Gasteiger partial charge in [0.15, 0.2) is 0 Å². The fourth-order valence-corrected chi connectivity index (χ4v) is 0.665.